The van der Waals surface area contributed by atoms with Gasteiger partial charge in [0.1, 0.15) is 0 Å². The third-order valence-corrected chi connectivity index (χ3v) is 4.85. The van der Waals surface area contributed by atoms with Gasteiger partial charge in [-0.2, -0.15) is 5.10 Å². The number of carbonyl (C=O) groups is 1. The van der Waals surface area contributed by atoms with Gasteiger partial charge in [-0.05, 0) is 31.5 Å². The molecule has 7 heteroatoms. The fourth-order valence-corrected chi connectivity index (χ4v) is 3.46. The Hall–Kier alpha value is -2.54. The van der Waals surface area contributed by atoms with Gasteiger partial charge in [0, 0.05) is 51.5 Å². The number of piperazine rings is 1. The number of aryl methyl sites for hydroxylation is 1. The summed E-state index contributed by atoms with van der Waals surface area (Å²) in [5.74, 6) is 1.59. The Kier molecular flexibility index (Phi) is 6.92. The second-order valence-corrected chi connectivity index (χ2v) is 7.00. The first-order valence-corrected chi connectivity index (χ1v) is 9.95. The SMILES string of the molecule is CCOc1ccc(CC(=O)N2CCN(Cc3cnn(C)c3)CC2)cc1OCC. The zero-order valence-corrected chi connectivity index (χ0v) is 17.1. The first-order chi connectivity index (χ1) is 13.6. The van der Waals surface area contributed by atoms with E-state index in [0.29, 0.717) is 25.4 Å². The van der Waals surface area contributed by atoms with Crippen molar-refractivity contribution in [2.75, 3.05) is 39.4 Å². The van der Waals surface area contributed by atoms with Crippen LogP contribution < -0.4 is 9.47 Å². The molecule has 0 bridgehead atoms. The second-order valence-electron chi connectivity index (χ2n) is 7.00. The molecule has 1 aromatic heterocycles. The molecule has 0 unspecified atom stereocenters. The Bertz CT molecular complexity index is 782. The van der Waals surface area contributed by atoms with Crippen molar-refractivity contribution < 1.29 is 14.3 Å². The minimum Gasteiger partial charge on any atom is -0.490 e. The lowest BCUT2D eigenvalue weighted by Crippen LogP contribution is -2.48. The van der Waals surface area contributed by atoms with Crippen LogP contribution in [-0.2, 0) is 24.8 Å². The van der Waals surface area contributed by atoms with E-state index in [0.717, 1.165) is 44.0 Å². The molecule has 0 atom stereocenters. The van der Waals surface area contributed by atoms with Crippen molar-refractivity contribution in [3.8, 4) is 11.5 Å². The highest BCUT2D eigenvalue weighted by atomic mass is 16.5. The molecular formula is C21H30N4O3. The van der Waals surface area contributed by atoms with Gasteiger partial charge in [0.15, 0.2) is 11.5 Å². The van der Waals surface area contributed by atoms with Gasteiger partial charge >= 0.3 is 0 Å². The quantitative estimate of drug-likeness (QED) is 0.695. The summed E-state index contributed by atoms with van der Waals surface area (Å²) in [6, 6.07) is 5.76. The maximum Gasteiger partial charge on any atom is 0.227 e. The molecule has 0 spiro atoms. The number of hydrogen-bond donors (Lipinski definition) is 0. The Morgan fingerprint density at radius 3 is 2.39 bits per heavy atom. The van der Waals surface area contributed by atoms with Gasteiger partial charge < -0.3 is 14.4 Å². The molecular weight excluding hydrogens is 356 g/mol. The normalized spacial score (nSPS) is 14.9. The minimum atomic E-state index is 0.160. The molecule has 0 aliphatic carbocycles. The van der Waals surface area contributed by atoms with E-state index in [1.54, 1.807) is 0 Å². The Morgan fingerprint density at radius 1 is 1.04 bits per heavy atom. The van der Waals surface area contributed by atoms with Gasteiger partial charge in [0.25, 0.3) is 0 Å². The topological polar surface area (TPSA) is 59.8 Å². The highest BCUT2D eigenvalue weighted by Crippen LogP contribution is 2.29. The molecule has 152 valence electrons. The lowest BCUT2D eigenvalue weighted by atomic mass is 10.1. The zero-order valence-electron chi connectivity index (χ0n) is 17.1. The van der Waals surface area contributed by atoms with Crippen LogP contribution in [0.2, 0.25) is 0 Å². The monoisotopic (exact) mass is 386 g/mol. The molecule has 28 heavy (non-hydrogen) atoms. The molecule has 1 aliphatic heterocycles. The van der Waals surface area contributed by atoms with Gasteiger partial charge in [-0.25, -0.2) is 0 Å². The van der Waals surface area contributed by atoms with E-state index in [1.165, 1.54) is 5.56 Å². The summed E-state index contributed by atoms with van der Waals surface area (Å²) in [4.78, 5) is 17.1. The van der Waals surface area contributed by atoms with Crippen LogP contribution in [0.3, 0.4) is 0 Å². The van der Waals surface area contributed by atoms with E-state index >= 15 is 0 Å². The third-order valence-electron chi connectivity index (χ3n) is 4.85. The van der Waals surface area contributed by atoms with E-state index in [4.69, 9.17) is 9.47 Å². The summed E-state index contributed by atoms with van der Waals surface area (Å²) < 4.78 is 13.1. The molecule has 1 saturated heterocycles. The van der Waals surface area contributed by atoms with Crippen LogP contribution in [0.1, 0.15) is 25.0 Å². The van der Waals surface area contributed by atoms with Crippen molar-refractivity contribution in [3.63, 3.8) is 0 Å². The molecule has 1 fully saturated rings. The van der Waals surface area contributed by atoms with Gasteiger partial charge in [0.2, 0.25) is 5.91 Å². The lowest BCUT2D eigenvalue weighted by Gasteiger charge is -2.34. The number of amides is 1. The fourth-order valence-electron chi connectivity index (χ4n) is 3.46. The van der Waals surface area contributed by atoms with Gasteiger partial charge in [-0.15, -0.1) is 0 Å². The number of benzene rings is 1. The Morgan fingerprint density at radius 2 is 1.75 bits per heavy atom. The van der Waals surface area contributed by atoms with Gasteiger partial charge in [-0.1, -0.05) is 6.07 Å². The van der Waals surface area contributed by atoms with Crippen LogP contribution in [0.5, 0.6) is 11.5 Å². The molecule has 0 N–H and O–H groups in total. The third kappa shape index (κ3) is 5.25. The Labute approximate surface area is 166 Å². The number of hydrogen-bond acceptors (Lipinski definition) is 5. The minimum absolute atomic E-state index is 0.160. The summed E-state index contributed by atoms with van der Waals surface area (Å²) in [6.45, 7) is 9.20. The Balaban J connectivity index is 1.53. The lowest BCUT2D eigenvalue weighted by molar-refractivity contribution is -0.132. The van der Waals surface area contributed by atoms with Crippen molar-refractivity contribution >= 4 is 5.91 Å². The van der Waals surface area contributed by atoms with Crippen molar-refractivity contribution in [1.29, 1.82) is 0 Å². The largest absolute Gasteiger partial charge is 0.490 e. The summed E-state index contributed by atoms with van der Waals surface area (Å²) in [6.07, 6.45) is 4.33. The zero-order chi connectivity index (χ0) is 19.9. The molecule has 1 amide bonds. The highest BCUT2D eigenvalue weighted by Gasteiger charge is 2.22. The van der Waals surface area contributed by atoms with E-state index in [2.05, 4.69) is 10.00 Å². The average Bonchev–Trinajstić information content (AvgIpc) is 3.09. The van der Waals surface area contributed by atoms with Crippen LogP contribution in [0.15, 0.2) is 30.6 Å². The molecule has 1 aromatic carbocycles. The fraction of sp³-hybridized carbons (Fsp3) is 0.524. The summed E-state index contributed by atoms with van der Waals surface area (Å²) in [5, 5.41) is 4.22. The number of carbonyl (C=O) groups excluding carboxylic acids is 1. The van der Waals surface area contributed by atoms with Crippen molar-refractivity contribution in [3.05, 3.63) is 41.7 Å². The van der Waals surface area contributed by atoms with E-state index < -0.39 is 0 Å². The van der Waals surface area contributed by atoms with E-state index in [-0.39, 0.29) is 5.91 Å². The predicted octanol–water partition coefficient (Wildman–Crippen LogP) is 2.10. The number of nitrogens with zero attached hydrogens (tertiary/aromatic N) is 4. The molecule has 0 saturated carbocycles. The van der Waals surface area contributed by atoms with Crippen molar-refractivity contribution in [2.24, 2.45) is 7.05 Å². The van der Waals surface area contributed by atoms with Crippen LogP contribution in [-0.4, -0.2) is 64.9 Å². The van der Waals surface area contributed by atoms with E-state index in [9.17, 15) is 4.79 Å². The number of ether oxygens (including phenoxy) is 2. The smallest absolute Gasteiger partial charge is 0.227 e. The standard InChI is InChI=1S/C21H30N4O3/c1-4-27-19-7-6-17(12-20(19)28-5-2)13-21(26)25-10-8-24(9-11-25)16-18-14-22-23(3)15-18/h6-7,12,14-15H,4-5,8-11,13,16H2,1-3H3. The van der Waals surface area contributed by atoms with Crippen LogP contribution >= 0.6 is 0 Å². The highest BCUT2D eigenvalue weighted by molar-refractivity contribution is 5.79. The second kappa shape index (κ2) is 9.59. The summed E-state index contributed by atoms with van der Waals surface area (Å²) in [7, 11) is 1.93. The van der Waals surface area contributed by atoms with Crippen LogP contribution in [0.4, 0.5) is 0 Å². The predicted molar refractivity (Wildman–Crippen MR) is 108 cm³/mol. The van der Waals surface area contributed by atoms with E-state index in [1.807, 2.05) is 61.1 Å². The molecule has 1 aliphatic rings. The number of aromatic nitrogens is 2. The molecule has 0 radical (unpaired) electrons. The summed E-state index contributed by atoms with van der Waals surface area (Å²) >= 11 is 0. The summed E-state index contributed by atoms with van der Waals surface area (Å²) in [5.41, 5.74) is 2.16. The first-order valence-electron chi connectivity index (χ1n) is 9.95. The van der Waals surface area contributed by atoms with Crippen LogP contribution in [0.25, 0.3) is 0 Å². The molecule has 2 heterocycles. The molecule has 3 rings (SSSR count). The van der Waals surface area contributed by atoms with Crippen LogP contribution in [0, 0.1) is 0 Å². The maximum absolute atomic E-state index is 12.7. The molecule has 7 nitrogen and oxygen atoms in total. The van der Waals surface area contributed by atoms with Crippen molar-refractivity contribution in [2.45, 2.75) is 26.8 Å². The van der Waals surface area contributed by atoms with Gasteiger partial charge in [-0.3, -0.25) is 14.4 Å². The van der Waals surface area contributed by atoms with Crippen molar-refractivity contribution in [1.82, 2.24) is 19.6 Å². The first kappa shape index (κ1) is 20.2. The maximum atomic E-state index is 12.7. The number of rotatable bonds is 8. The molecule has 2 aromatic rings. The van der Waals surface area contributed by atoms with Gasteiger partial charge in [0.05, 0.1) is 25.8 Å². The average molecular weight is 386 g/mol.